The van der Waals surface area contributed by atoms with Crippen molar-refractivity contribution in [3.05, 3.63) is 65.9 Å². The van der Waals surface area contributed by atoms with E-state index in [0.717, 1.165) is 18.5 Å². The Balaban J connectivity index is 1.69. The van der Waals surface area contributed by atoms with Gasteiger partial charge in [0, 0.05) is 56.6 Å². The summed E-state index contributed by atoms with van der Waals surface area (Å²) in [5, 5.41) is 0. The lowest BCUT2D eigenvalue weighted by Crippen LogP contribution is -2.39. The molecule has 1 atom stereocenters. The van der Waals surface area contributed by atoms with Crippen LogP contribution in [-0.2, 0) is 0 Å². The van der Waals surface area contributed by atoms with E-state index < -0.39 is 0 Å². The Morgan fingerprint density at radius 2 is 1.94 bits per heavy atom. The molecule has 160 valence electrons. The van der Waals surface area contributed by atoms with E-state index in [-0.39, 0.29) is 17.6 Å². The lowest BCUT2D eigenvalue weighted by molar-refractivity contribution is 0.0705. The predicted octanol–water partition coefficient (Wildman–Crippen LogP) is 3.35. The van der Waals surface area contributed by atoms with Gasteiger partial charge in [0.1, 0.15) is 11.6 Å². The number of hydrogen-bond donors (Lipinski definition) is 1. The summed E-state index contributed by atoms with van der Waals surface area (Å²) in [7, 11) is 3.74. The van der Waals surface area contributed by atoms with Crippen LogP contribution in [0.2, 0.25) is 0 Å². The van der Waals surface area contributed by atoms with Gasteiger partial charge in [0.25, 0.3) is 5.91 Å². The zero-order valence-electron chi connectivity index (χ0n) is 17.6. The molecule has 1 unspecified atom stereocenters. The van der Waals surface area contributed by atoms with Crippen molar-refractivity contribution in [2.24, 2.45) is 0 Å². The molecule has 7 nitrogen and oxygen atoms in total. The monoisotopic (exact) mass is 420 g/mol. The van der Waals surface area contributed by atoms with Crippen LogP contribution in [0.25, 0.3) is 11.1 Å². The van der Waals surface area contributed by atoms with Crippen LogP contribution in [0.15, 0.2) is 48.8 Å². The van der Waals surface area contributed by atoms with E-state index >= 15 is 0 Å². The van der Waals surface area contributed by atoms with Crippen molar-refractivity contribution in [2.75, 3.05) is 37.8 Å². The maximum Gasteiger partial charge on any atom is 0.255 e. The van der Waals surface area contributed by atoms with Gasteiger partial charge in [0.15, 0.2) is 0 Å². The molecule has 0 bridgehead atoms. The van der Waals surface area contributed by atoms with Crippen LogP contribution < -0.4 is 10.6 Å². The molecule has 4 rings (SSSR count). The molecule has 2 N–H and O–H groups in total. The van der Waals surface area contributed by atoms with Crippen LogP contribution >= 0.6 is 0 Å². The highest BCUT2D eigenvalue weighted by molar-refractivity contribution is 5.94. The van der Waals surface area contributed by atoms with Gasteiger partial charge in [-0.3, -0.25) is 4.79 Å². The first-order valence-corrected chi connectivity index (χ1v) is 10.2. The first kappa shape index (κ1) is 20.7. The van der Waals surface area contributed by atoms with Crippen molar-refractivity contribution in [1.29, 1.82) is 0 Å². The Kier molecular flexibility index (Phi) is 5.79. The van der Waals surface area contributed by atoms with Gasteiger partial charge in [-0.15, -0.1) is 0 Å². The van der Waals surface area contributed by atoms with Crippen LogP contribution in [-0.4, -0.2) is 52.9 Å². The van der Waals surface area contributed by atoms with Gasteiger partial charge < -0.3 is 15.5 Å². The molecule has 1 fully saturated rings. The number of nitrogens with zero attached hydrogens (tertiary/aromatic N) is 5. The summed E-state index contributed by atoms with van der Waals surface area (Å²) in [6.07, 6.45) is 4.87. The van der Waals surface area contributed by atoms with Crippen molar-refractivity contribution in [2.45, 2.75) is 18.8 Å². The number of benzene rings is 1. The molecule has 1 aliphatic rings. The summed E-state index contributed by atoms with van der Waals surface area (Å²) in [6.45, 7) is 1.15. The fourth-order valence-electron chi connectivity index (χ4n) is 3.90. The second kappa shape index (κ2) is 8.67. The molecular weight excluding hydrogens is 395 g/mol. The molecule has 1 amide bonds. The van der Waals surface area contributed by atoms with Crippen molar-refractivity contribution < 1.29 is 9.18 Å². The van der Waals surface area contributed by atoms with Gasteiger partial charge in [0.2, 0.25) is 5.95 Å². The minimum Gasteiger partial charge on any atom is -0.384 e. The Morgan fingerprint density at radius 3 is 2.65 bits per heavy atom. The Bertz CT molecular complexity index is 1090. The highest BCUT2D eigenvalue weighted by Crippen LogP contribution is 2.35. The molecule has 1 aromatic carbocycles. The summed E-state index contributed by atoms with van der Waals surface area (Å²) in [6, 6.07) is 9.94. The standard InChI is InChI=1S/C23H25FN6O/c1-29(2)23-27-13-18(17-7-3-4-8-19(17)24)21(28-23)16-6-5-11-30(14-16)22(31)15-9-10-20(25)26-12-15/h3-4,7-10,12-13,16H,5-6,11,14H2,1-2H3,(H2,25,26). The largest absolute Gasteiger partial charge is 0.384 e. The SMILES string of the molecule is CN(C)c1ncc(-c2ccccc2F)c(C2CCCN(C(=O)c3ccc(N)nc3)C2)n1. The average molecular weight is 420 g/mol. The molecule has 31 heavy (non-hydrogen) atoms. The van der Waals surface area contributed by atoms with E-state index in [9.17, 15) is 9.18 Å². The smallest absolute Gasteiger partial charge is 0.255 e. The fraction of sp³-hybridized carbons (Fsp3) is 0.304. The number of piperidine rings is 1. The second-order valence-corrected chi connectivity index (χ2v) is 7.91. The van der Waals surface area contributed by atoms with E-state index in [4.69, 9.17) is 10.7 Å². The van der Waals surface area contributed by atoms with E-state index in [1.807, 2.05) is 23.9 Å². The van der Waals surface area contributed by atoms with Gasteiger partial charge in [-0.25, -0.2) is 19.3 Å². The number of likely N-dealkylation sites (tertiary alicyclic amines) is 1. The molecule has 0 aliphatic carbocycles. The molecule has 2 aromatic heterocycles. The van der Waals surface area contributed by atoms with E-state index in [2.05, 4.69) is 9.97 Å². The first-order chi connectivity index (χ1) is 14.9. The van der Waals surface area contributed by atoms with Crippen molar-refractivity contribution in [3.63, 3.8) is 0 Å². The summed E-state index contributed by atoms with van der Waals surface area (Å²) in [5.41, 5.74) is 8.03. The minimum absolute atomic E-state index is 0.0317. The summed E-state index contributed by atoms with van der Waals surface area (Å²) in [5.74, 6) is 0.491. The third-order valence-electron chi connectivity index (χ3n) is 5.50. The van der Waals surface area contributed by atoms with Crippen LogP contribution in [0, 0.1) is 5.82 Å². The van der Waals surface area contributed by atoms with E-state index in [1.54, 1.807) is 36.5 Å². The van der Waals surface area contributed by atoms with Crippen molar-refractivity contribution >= 4 is 17.7 Å². The molecule has 1 aliphatic heterocycles. The number of carbonyl (C=O) groups excluding carboxylic acids is 1. The lowest BCUT2D eigenvalue weighted by atomic mass is 9.89. The first-order valence-electron chi connectivity index (χ1n) is 10.2. The van der Waals surface area contributed by atoms with Crippen molar-refractivity contribution in [3.8, 4) is 11.1 Å². The average Bonchev–Trinajstić information content (AvgIpc) is 2.79. The normalized spacial score (nSPS) is 16.2. The maximum atomic E-state index is 14.6. The molecule has 1 saturated heterocycles. The predicted molar refractivity (Wildman–Crippen MR) is 118 cm³/mol. The van der Waals surface area contributed by atoms with Crippen LogP contribution in [0.4, 0.5) is 16.2 Å². The number of amides is 1. The number of rotatable bonds is 4. The highest BCUT2D eigenvalue weighted by Gasteiger charge is 2.29. The third kappa shape index (κ3) is 4.33. The highest BCUT2D eigenvalue weighted by atomic mass is 19.1. The number of halogens is 1. The van der Waals surface area contributed by atoms with E-state index in [1.165, 1.54) is 12.3 Å². The lowest BCUT2D eigenvalue weighted by Gasteiger charge is -2.33. The summed E-state index contributed by atoms with van der Waals surface area (Å²) < 4.78 is 14.6. The molecule has 0 spiro atoms. The molecule has 0 radical (unpaired) electrons. The molecular formula is C23H25FN6O. The van der Waals surface area contributed by atoms with Gasteiger partial charge in [0.05, 0.1) is 11.3 Å². The quantitative estimate of drug-likeness (QED) is 0.696. The second-order valence-electron chi connectivity index (χ2n) is 7.91. The van der Waals surface area contributed by atoms with Gasteiger partial charge in [-0.2, -0.15) is 0 Å². The number of nitrogen functional groups attached to an aromatic ring is 1. The van der Waals surface area contributed by atoms with Crippen molar-refractivity contribution in [1.82, 2.24) is 19.9 Å². The Labute approximate surface area is 180 Å². The number of carbonyl (C=O) groups is 1. The minimum atomic E-state index is -0.318. The topological polar surface area (TPSA) is 88.2 Å². The molecule has 8 heteroatoms. The van der Waals surface area contributed by atoms with Crippen LogP contribution in [0.3, 0.4) is 0 Å². The number of hydrogen-bond acceptors (Lipinski definition) is 6. The van der Waals surface area contributed by atoms with E-state index in [0.29, 0.717) is 41.5 Å². The Morgan fingerprint density at radius 1 is 1.13 bits per heavy atom. The van der Waals surface area contributed by atoms with Crippen LogP contribution in [0.1, 0.15) is 34.8 Å². The Hall–Kier alpha value is -3.55. The molecule has 0 saturated carbocycles. The molecule has 3 aromatic rings. The zero-order valence-corrected chi connectivity index (χ0v) is 17.6. The summed E-state index contributed by atoms with van der Waals surface area (Å²) >= 11 is 0. The van der Waals surface area contributed by atoms with Gasteiger partial charge in [-0.05, 0) is 31.0 Å². The van der Waals surface area contributed by atoms with Gasteiger partial charge >= 0.3 is 0 Å². The fourth-order valence-corrected chi connectivity index (χ4v) is 3.90. The number of aromatic nitrogens is 3. The number of anilines is 2. The maximum absolute atomic E-state index is 14.6. The zero-order chi connectivity index (χ0) is 22.0. The van der Waals surface area contributed by atoms with Crippen LogP contribution in [0.5, 0.6) is 0 Å². The van der Waals surface area contributed by atoms with Gasteiger partial charge in [-0.1, -0.05) is 18.2 Å². The number of nitrogens with two attached hydrogens (primary N) is 1. The molecule has 3 heterocycles. The number of pyridine rings is 1. The third-order valence-corrected chi connectivity index (χ3v) is 5.50. The summed E-state index contributed by atoms with van der Waals surface area (Å²) in [4.78, 5) is 29.9.